The van der Waals surface area contributed by atoms with Crippen molar-refractivity contribution in [2.45, 2.75) is 39.2 Å². The van der Waals surface area contributed by atoms with Crippen LogP contribution in [0.1, 0.15) is 31.7 Å². The number of aliphatic hydroxyl groups is 1. The van der Waals surface area contributed by atoms with Crippen LogP contribution in [0.2, 0.25) is 0 Å². The van der Waals surface area contributed by atoms with Gasteiger partial charge >= 0.3 is 0 Å². The quantitative estimate of drug-likeness (QED) is 0.444. The molecule has 1 aromatic rings. The van der Waals surface area contributed by atoms with E-state index in [1.54, 1.807) is 0 Å². The van der Waals surface area contributed by atoms with Crippen LogP contribution in [0.4, 0.5) is 5.69 Å². The Labute approximate surface area is 170 Å². The molecule has 0 aromatic heterocycles. The van der Waals surface area contributed by atoms with Gasteiger partial charge in [0.1, 0.15) is 0 Å². The van der Waals surface area contributed by atoms with Gasteiger partial charge in [0.05, 0.1) is 6.10 Å². The Morgan fingerprint density at radius 1 is 1.14 bits per heavy atom. The summed E-state index contributed by atoms with van der Waals surface area (Å²) in [6.07, 6.45) is 2.82. The molecule has 0 amide bonds. The summed E-state index contributed by atoms with van der Waals surface area (Å²) in [5.74, 6) is 1.06. The van der Waals surface area contributed by atoms with Crippen LogP contribution in [0, 0.1) is 6.92 Å². The van der Waals surface area contributed by atoms with E-state index in [2.05, 4.69) is 58.1 Å². The summed E-state index contributed by atoms with van der Waals surface area (Å²) in [7, 11) is 0. The van der Waals surface area contributed by atoms with E-state index in [9.17, 15) is 5.11 Å². The molecule has 3 rings (SSSR count). The Morgan fingerprint density at radius 2 is 1.89 bits per heavy atom. The van der Waals surface area contributed by atoms with E-state index >= 15 is 0 Å². The molecule has 2 aliphatic rings. The molecule has 0 radical (unpaired) electrons. The lowest BCUT2D eigenvalue weighted by molar-refractivity contribution is 0.0824. The summed E-state index contributed by atoms with van der Waals surface area (Å²) < 4.78 is 0. The second-order valence-corrected chi connectivity index (χ2v) is 7.98. The zero-order valence-electron chi connectivity index (χ0n) is 17.6. The van der Waals surface area contributed by atoms with Gasteiger partial charge < -0.3 is 25.1 Å². The summed E-state index contributed by atoms with van der Waals surface area (Å²) in [5.41, 5.74) is 2.64. The normalized spacial score (nSPS) is 19.9. The summed E-state index contributed by atoms with van der Waals surface area (Å²) in [4.78, 5) is 12.2. The molecule has 0 unspecified atom stereocenters. The number of nitrogens with one attached hydrogen (secondary N) is 1. The molecule has 1 aromatic carbocycles. The van der Waals surface area contributed by atoms with Gasteiger partial charge in [0.15, 0.2) is 5.96 Å². The van der Waals surface area contributed by atoms with Crippen molar-refractivity contribution in [2.24, 2.45) is 4.99 Å². The number of hydrogen-bond donors (Lipinski definition) is 2. The maximum atomic E-state index is 9.61. The van der Waals surface area contributed by atoms with Crippen molar-refractivity contribution < 1.29 is 5.11 Å². The molecule has 2 N–H and O–H groups in total. The van der Waals surface area contributed by atoms with Crippen LogP contribution in [0.3, 0.4) is 0 Å². The highest BCUT2D eigenvalue weighted by Gasteiger charge is 2.20. The predicted octanol–water partition coefficient (Wildman–Crippen LogP) is 1.93. The van der Waals surface area contributed by atoms with Gasteiger partial charge in [-0.25, -0.2) is 0 Å². The third-order valence-electron chi connectivity index (χ3n) is 5.73. The highest BCUT2D eigenvalue weighted by atomic mass is 16.3. The maximum Gasteiger partial charge on any atom is 0.194 e. The number of rotatable bonds is 6. The molecule has 2 aliphatic heterocycles. The van der Waals surface area contributed by atoms with E-state index in [1.165, 1.54) is 11.3 Å². The van der Waals surface area contributed by atoms with Crippen molar-refractivity contribution in [3.63, 3.8) is 0 Å². The van der Waals surface area contributed by atoms with Crippen molar-refractivity contribution in [1.29, 1.82) is 0 Å². The summed E-state index contributed by atoms with van der Waals surface area (Å²) in [6.45, 7) is 13.2. The second kappa shape index (κ2) is 10.7. The van der Waals surface area contributed by atoms with Crippen molar-refractivity contribution in [1.82, 2.24) is 15.1 Å². The first kappa shape index (κ1) is 20.9. The predicted molar refractivity (Wildman–Crippen MR) is 117 cm³/mol. The minimum absolute atomic E-state index is 0.0897. The monoisotopic (exact) mass is 387 g/mol. The number of benzene rings is 1. The SMILES string of the molecule is CCNC(=NCCCN1CCC(O)CC1)N1CCN(c2cccc(C)c2)CC1. The highest BCUT2D eigenvalue weighted by Crippen LogP contribution is 2.18. The molecule has 0 saturated carbocycles. The van der Waals surface area contributed by atoms with Gasteiger partial charge in [0, 0.05) is 58.0 Å². The molecule has 2 heterocycles. The third-order valence-corrected chi connectivity index (χ3v) is 5.73. The molecular formula is C22H37N5O. The van der Waals surface area contributed by atoms with Gasteiger partial charge in [-0.15, -0.1) is 0 Å². The van der Waals surface area contributed by atoms with E-state index in [1.807, 2.05) is 0 Å². The number of guanidine groups is 1. The third kappa shape index (κ3) is 6.11. The van der Waals surface area contributed by atoms with E-state index in [-0.39, 0.29) is 6.10 Å². The van der Waals surface area contributed by atoms with Gasteiger partial charge in [-0.3, -0.25) is 4.99 Å². The topological polar surface area (TPSA) is 54.3 Å². The number of aliphatic hydroxyl groups excluding tert-OH is 1. The van der Waals surface area contributed by atoms with E-state index in [0.29, 0.717) is 0 Å². The van der Waals surface area contributed by atoms with Crippen LogP contribution < -0.4 is 10.2 Å². The Hall–Kier alpha value is -1.79. The zero-order valence-corrected chi connectivity index (χ0v) is 17.6. The molecule has 6 nitrogen and oxygen atoms in total. The first-order chi connectivity index (χ1) is 13.7. The first-order valence-electron chi connectivity index (χ1n) is 10.9. The molecule has 28 heavy (non-hydrogen) atoms. The molecule has 0 spiro atoms. The number of likely N-dealkylation sites (tertiary alicyclic amines) is 1. The smallest absolute Gasteiger partial charge is 0.194 e. The van der Waals surface area contributed by atoms with Crippen LogP contribution in [0.15, 0.2) is 29.3 Å². The zero-order chi connectivity index (χ0) is 19.8. The number of aryl methyl sites for hydroxylation is 1. The molecule has 2 saturated heterocycles. The summed E-state index contributed by atoms with van der Waals surface area (Å²) in [5, 5.41) is 13.1. The van der Waals surface area contributed by atoms with Gasteiger partial charge in [-0.1, -0.05) is 12.1 Å². The molecule has 0 bridgehead atoms. The average Bonchev–Trinajstić information content (AvgIpc) is 2.72. The maximum absolute atomic E-state index is 9.61. The Kier molecular flexibility index (Phi) is 7.98. The summed E-state index contributed by atoms with van der Waals surface area (Å²) >= 11 is 0. The Morgan fingerprint density at radius 3 is 2.57 bits per heavy atom. The van der Waals surface area contributed by atoms with Crippen LogP contribution in [-0.2, 0) is 0 Å². The average molecular weight is 388 g/mol. The van der Waals surface area contributed by atoms with E-state index < -0.39 is 0 Å². The summed E-state index contributed by atoms with van der Waals surface area (Å²) in [6, 6.07) is 8.78. The van der Waals surface area contributed by atoms with Crippen molar-refractivity contribution in [3.05, 3.63) is 29.8 Å². The van der Waals surface area contributed by atoms with Crippen molar-refractivity contribution in [3.8, 4) is 0 Å². The minimum atomic E-state index is -0.0897. The van der Waals surface area contributed by atoms with Crippen LogP contribution in [-0.4, -0.2) is 85.9 Å². The molecule has 0 aliphatic carbocycles. The number of piperidine rings is 1. The molecular weight excluding hydrogens is 350 g/mol. The number of hydrogen-bond acceptors (Lipinski definition) is 4. The minimum Gasteiger partial charge on any atom is -0.393 e. The number of piperazine rings is 1. The Bertz CT molecular complexity index is 619. The largest absolute Gasteiger partial charge is 0.393 e. The van der Waals surface area contributed by atoms with Crippen molar-refractivity contribution >= 4 is 11.6 Å². The fourth-order valence-electron chi connectivity index (χ4n) is 4.05. The highest BCUT2D eigenvalue weighted by molar-refractivity contribution is 5.80. The molecule has 156 valence electrons. The van der Waals surface area contributed by atoms with Gasteiger partial charge in [-0.2, -0.15) is 0 Å². The Balaban J connectivity index is 1.45. The fourth-order valence-corrected chi connectivity index (χ4v) is 4.05. The molecule has 0 atom stereocenters. The number of anilines is 1. The van der Waals surface area contributed by atoms with Gasteiger partial charge in [0.25, 0.3) is 0 Å². The van der Waals surface area contributed by atoms with Gasteiger partial charge in [0.2, 0.25) is 0 Å². The van der Waals surface area contributed by atoms with Crippen LogP contribution in [0.5, 0.6) is 0 Å². The molecule has 2 fully saturated rings. The van der Waals surface area contributed by atoms with Crippen molar-refractivity contribution in [2.75, 3.05) is 63.8 Å². The first-order valence-corrected chi connectivity index (χ1v) is 10.9. The van der Waals surface area contributed by atoms with Crippen LogP contribution in [0.25, 0.3) is 0 Å². The molecule has 6 heteroatoms. The number of aliphatic imine (C=N–C) groups is 1. The fraction of sp³-hybridized carbons (Fsp3) is 0.682. The van der Waals surface area contributed by atoms with E-state index in [4.69, 9.17) is 4.99 Å². The van der Waals surface area contributed by atoms with Crippen LogP contribution >= 0.6 is 0 Å². The number of nitrogens with zero attached hydrogens (tertiary/aromatic N) is 4. The lowest BCUT2D eigenvalue weighted by Crippen LogP contribution is -2.52. The van der Waals surface area contributed by atoms with E-state index in [0.717, 1.165) is 84.1 Å². The van der Waals surface area contributed by atoms with Gasteiger partial charge in [-0.05, 0) is 57.4 Å². The lowest BCUT2D eigenvalue weighted by Gasteiger charge is -2.38. The standard InChI is InChI=1S/C22H37N5O/c1-3-23-22(24-10-5-11-25-12-8-21(28)9-13-25)27-16-14-26(15-17-27)20-7-4-6-19(2)18-20/h4,6-7,18,21,28H,3,5,8-17H2,1-2H3,(H,23,24). The second-order valence-electron chi connectivity index (χ2n) is 7.98. The lowest BCUT2D eigenvalue weighted by atomic mass is 10.1.